The lowest BCUT2D eigenvalue weighted by molar-refractivity contribution is 0.564. The molecule has 8 heteroatoms. The molecule has 2 N–H and O–H groups in total. The number of nitrogens with zero attached hydrogens (tertiary/aromatic N) is 4. The van der Waals surface area contributed by atoms with Crippen molar-refractivity contribution in [2.45, 2.75) is 38.6 Å². The van der Waals surface area contributed by atoms with Crippen LogP contribution in [0.2, 0.25) is 0 Å². The van der Waals surface area contributed by atoms with Crippen LogP contribution in [0.25, 0.3) is 0 Å². The summed E-state index contributed by atoms with van der Waals surface area (Å²) in [6, 6.07) is 6.82. The highest BCUT2D eigenvalue weighted by atomic mass is 19.1. The normalized spacial score (nSPS) is 14.8. The summed E-state index contributed by atoms with van der Waals surface area (Å²) in [5.74, 6) is 2.12. The predicted molar refractivity (Wildman–Crippen MR) is 104 cm³/mol. The Balaban J connectivity index is 1.57. The van der Waals surface area contributed by atoms with Crippen molar-refractivity contribution in [1.82, 2.24) is 20.2 Å². The van der Waals surface area contributed by atoms with Gasteiger partial charge in [-0.25, -0.2) is 18.7 Å². The van der Waals surface area contributed by atoms with Gasteiger partial charge in [0.1, 0.15) is 29.1 Å². The first kappa shape index (κ1) is 18.3. The van der Waals surface area contributed by atoms with Crippen molar-refractivity contribution in [2.75, 3.05) is 17.3 Å². The second-order valence-corrected chi connectivity index (χ2v) is 7.22. The Kier molecular flexibility index (Phi) is 4.70. The molecule has 4 rings (SSSR count). The van der Waals surface area contributed by atoms with Crippen molar-refractivity contribution in [2.24, 2.45) is 0 Å². The topological polar surface area (TPSA) is 69.7 Å². The van der Waals surface area contributed by atoms with Crippen LogP contribution < -0.4 is 10.2 Å². The highest BCUT2D eigenvalue weighted by molar-refractivity contribution is 5.57. The van der Waals surface area contributed by atoms with E-state index in [2.05, 4.69) is 25.5 Å². The molecule has 0 aliphatic heterocycles. The maximum absolute atomic E-state index is 14.2. The van der Waals surface area contributed by atoms with Gasteiger partial charge in [0.15, 0.2) is 5.82 Å². The van der Waals surface area contributed by atoms with Gasteiger partial charge in [-0.15, -0.1) is 0 Å². The number of halogens is 2. The molecule has 28 heavy (non-hydrogen) atoms. The second-order valence-electron chi connectivity index (χ2n) is 7.22. The number of hydrogen-bond acceptors (Lipinski definition) is 5. The van der Waals surface area contributed by atoms with Crippen LogP contribution in [-0.2, 0) is 0 Å². The molecule has 1 aliphatic carbocycles. The van der Waals surface area contributed by atoms with Gasteiger partial charge in [-0.1, -0.05) is 0 Å². The molecule has 1 saturated carbocycles. The molecule has 1 aliphatic rings. The number of aromatic nitrogens is 4. The number of nitrogens with one attached hydrogen (secondary N) is 2. The summed E-state index contributed by atoms with van der Waals surface area (Å²) in [6.07, 6.45) is 2.38. The Morgan fingerprint density at radius 2 is 1.93 bits per heavy atom. The largest absolute Gasteiger partial charge is 0.353 e. The lowest BCUT2D eigenvalue weighted by atomic mass is 10.1. The molecular formula is C20H22F2N6. The lowest BCUT2D eigenvalue weighted by Gasteiger charge is -2.27. The van der Waals surface area contributed by atoms with Crippen LogP contribution in [0.1, 0.15) is 48.8 Å². The van der Waals surface area contributed by atoms with Gasteiger partial charge in [0.25, 0.3) is 0 Å². The summed E-state index contributed by atoms with van der Waals surface area (Å²) >= 11 is 0. The maximum atomic E-state index is 14.2. The number of aromatic amines is 1. The Morgan fingerprint density at radius 3 is 2.68 bits per heavy atom. The standard InChI is InChI=1S/C20H22F2N6/c1-11(15-8-14(21)6-7-16(15)22)28(3)20-10-18(23-12(2)24-20)25-19-9-17(26-27-19)13-4-5-13/h6-11,13H,4-5H2,1-3H3,(H2,23,24,25,26,27). The zero-order valence-corrected chi connectivity index (χ0v) is 16.0. The number of rotatable bonds is 6. The van der Waals surface area contributed by atoms with Gasteiger partial charge < -0.3 is 10.2 Å². The summed E-state index contributed by atoms with van der Waals surface area (Å²) in [5.41, 5.74) is 1.40. The Labute approximate surface area is 162 Å². The zero-order valence-electron chi connectivity index (χ0n) is 16.0. The van der Waals surface area contributed by atoms with Gasteiger partial charge >= 0.3 is 0 Å². The molecule has 2 aromatic heterocycles. The Morgan fingerprint density at radius 1 is 1.14 bits per heavy atom. The smallest absolute Gasteiger partial charge is 0.153 e. The van der Waals surface area contributed by atoms with Crippen LogP contribution in [0.5, 0.6) is 0 Å². The van der Waals surface area contributed by atoms with E-state index in [1.165, 1.54) is 18.9 Å². The minimum atomic E-state index is -0.470. The SMILES string of the molecule is Cc1nc(Nc2cc(C3CC3)[nH]n2)cc(N(C)C(C)c2cc(F)ccc2F)n1. The second kappa shape index (κ2) is 7.18. The summed E-state index contributed by atoms with van der Waals surface area (Å²) in [6.45, 7) is 3.59. The van der Waals surface area contributed by atoms with E-state index in [-0.39, 0.29) is 5.56 Å². The van der Waals surface area contributed by atoms with E-state index >= 15 is 0 Å². The number of anilines is 3. The van der Waals surface area contributed by atoms with Gasteiger partial charge in [0, 0.05) is 36.4 Å². The average molecular weight is 384 g/mol. The molecule has 6 nitrogen and oxygen atoms in total. The van der Waals surface area contributed by atoms with Gasteiger partial charge in [-0.2, -0.15) is 5.10 Å². The van der Waals surface area contributed by atoms with E-state index in [1.807, 2.05) is 6.07 Å². The summed E-state index contributed by atoms with van der Waals surface area (Å²) < 4.78 is 27.7. The summed E-state index contributed by atoms with van der Waals surface area (Å²) in [4.78, 5) is 10.6. The van der Waals surface area contributed by atoms with E-state index in [0.29, 0.717) is 29.2 Å². The van der Waals surface area contributed by atoms with Gasteiger partial charge in [0.2, 0.25) is 0 Å². The third-order valence-corrected chi connectivity index (χ3v) is 5.05. The van der Waals surface area contributed by atoms with Crippen molar-refractivity contribution in [3.05, 3.63) is 59.0 Å². The Hall–Kier alpha value is -3.03. The number of aryl methyl sites for hydroxylation is 1. The zero-order chi connectivity index (χ0) is 19.8. The van der Waals surface area contributed by atoms with Gasteiger partial charge in [-0.3, -0.25) is 5.10 Å². The molecule has 0 amide bonds. The molecule has 3 aromatic rings. The molecule has 0 bridgehead atoms. The van der Waals surface area contributed by atoms with Crippen molar-refractivity contribution >= 4 is 17.5 Å². The third-order valence-electron chi connectivity index (χ3n) is 5.05. The molecule has 0 saturated heterocycles. The fourth-order valence-corrected chi connectivity index (χ4v) is 3.17. The van der Waals surface area contributed by atoms with Crippen molar-refractivity contribution in [3.63, 3.8) is 0 Å². The van der Waals surface area contributed by atoms with Crippen LogP contribution in [0.15, 0.2) is 30.3 Å². The summed E-state index contributed by atoms with van der Waals surface area (Å²) in [5, 5.41) is 10.5. The summed E-state index contributed by atoms with van der Waals surface area (Å²) in [7, 11) is 1.79. The van der Waals surface area contributed by atoms with E-state index in [0.717, 1.165) is 17.8 Å². The number of H-pyrrole nitrogens is 1. The Bertz CT molecular complexity index is 998. The van der Waals surface area contributed by atoms with Crippen LogP contribution in [0.4, 0.5) is 26.2 Å². The molecule has 0 radical (unpaired) electrons. The molecular weight excluding hydrogens is 362 g/mol. The molecule has 1 fully saturated rings. The molecule has 2 heterocycles. The molecule has 0 spiro atoms. The van der Waals surface area contributed by atoms with Crippen LogP contribution in [0, 0.1) is 18.6 Å². The fourth-order valence-electron chi connectivity index (χ4n) is 3.17. The quantitative estimate of drug-likeness (QED) is 0.650. The third kappa shape index (κ3) is 3.81. The van der Waals surface area contributed by atoms with Gasteiger partial charge in [0.05, 0.1) is 6.04 Å². The number of benzene rings is 1. The van der Waals surface area contributed by atoms with Crippen molar-refractivity contribution < 1.29 is 8.78 Å². The monoisotopic (exact) mass is 384 g/mol. The first-order valence-corrected chi connectivity index (χ1v) is 9.26. The molecule has 1 unspecified atom stereocenters. The maximum Gasteiger partial charge on any atom is 0.153 e. The number of hydrogen-bond donors (Lipinski definition) is 2. The predicted octanol–water partition coefficient (Wildman–Crippen LogP) is 4.60. The first-order chi connectivity index (χ1) is 13.4. The van der Waals surface area contributed by atoms with Gasteiger partial charge in [-0.05, 0) is 44.9 Å². The minimum Gasteiger partial charge on any atom is -0.353 e. The van der Waals surface area contributed by atoms with Crippen molar-refractivity contribution in [1.29, 1.82) is 0 Å². The molecule has 1 atom stereocenters. The van der Waals surface area contributed by atoms with E-state index in [1.54, 1.807) is 31.9 Å². The average Bonchev–Trinajstić information content (AvgIpc) is 3.41. The minimum absolute atomic E-state index is 0.273. The fraction of sp³-hybridized carbons (Fsp3) is 0.350. The first-order valence-electron chi connectivity index (χ1n) is 9.26. The highest BCUT2D eigenvalue weighted by Crippen LogP contribution is 2.39. The van der Waals surface area contributed by atoms with Crippen LogP contribution in [0.3, 0.4) is 0 Å². The van der Waals surface area contributed by atoms with Crippen molar-refractivity contribution in [3.8, 4) is 0 Å². The molecule has 1 aromatic carbocycles. The van der Waals surface area contributed by atoms with E-state index in [9.17, 15) is 8.78 Å². The van der Waals surface area contributed by atoms with E-state index in [4.69, 9.17) is 0 Å². The van der Waals surface area contributed by atoms with E-state index < -0.39 is 17.7 Å². The molecule has 146 valence electrons. The van der Waals surface area contributed by atoms with Crippen LogP contribution in [-0.4, -0.2) is 27.2 Å². The lowest BCUT2D eigenvalue weighted by Crippen LogP contribution is -2.24. The van der Waals surface area contributed by atoms with Crippen LogP contribution >= 0.6 is 0 Å². The highest BCUT2D eigenvalue weighted by Gasteiger charge is 2.25.